The maximum absolute atomic E-state index is 13.4. The van der Waals surface area contributed by atoms with Crippen molar-refractivity contribution in [3.8, 4) is 11.6 Å². The molecule has 1 saturated heterocycles. The van der Waals surface area contributed by atoms with Gasteiger partial charge in [0.1, 0.15) is 17.4 Å². The van der Waals surface area contributed by atoms with Gasteiger partial charge in [-0.2, -0.15) is 0 Å². The minimum Gasteiger partial charge on any atom is -0.438 e. The van der Waals surface area contributed by atoms with Crippen molar-refractivity contribution in [1.82, 2.24) is 20.1 Å². The van der Waals surface area contributed by atoms with Crippen LogP contribution in [0.4, 0.5) is 0 Å². The van der Waals surface area contributed by atoms with Gasteiger partial charge in [-0.05, 0) is 61.1 Å². The Balaban J connectivity index is 1.48. The second-order valence-corrected chi connectivity index (χ2v) is 9.58. The average Bonchev–Trinajstić information content (AvgIpc) is 2.90. The van der Waals surface area contributed by atoms with E-state index in [1.54, 1.807) is 53.4 Å². The number of hydrogen-bond donors (Lipinski definition) is 1. The van der Waals surface area contributed by atoms with Crippen molar-refractivity contribution in [2.24, 2.45) is 0 Å². The first-order valence-electron chi connectivity index (χ1n) is 11.9. The van der Waals surface area contributed by atoms with E-state index in [0.717, 1.165) is 18.7 Å². The molecule has 1 aliphatic heterocycles. The van der Waals surface area contributed by atoms with Crippen LogP contribution in [0.1, 0.15) is 15.9 Å². The zero-order valence-electron chi connectivity index (χ0n) is 20.4. The number of amides is 2. The molecule has 10 heteroatoms. The van der Waals surface area contributed by atoms with Gasteiger partial charge in [0.2, 0.25) is 11.8 Å². The first-order chi connectivity index (χ1) is 17.9. The summed E-state index contributed by atoms with van der Waals surface area (Å²) >= 11 is 12.0. The number of hydrogen-bond acceptors (Lipinski definition) is 6. The van der Waals surface area contributed by atoms with Crippen LogP contribution in [0.3, 0.4) is 0 Å². The molecule has 0 saturated carbocycles. The summed E-state index contributed by atoms with van der Waals surface area (Å²) < 4.78 is 11.7. The number of carbonyl (C=O) groups is 2. The summed E-state index contributed by atoms with van der Waals surface area (Å²) in [4.78, 5) is 34.9. The maximum atomic E-state index is 13.4. The van der Waals surface area contributed by atoms with Gasteiger partial charge >= 0.3 is 0 Å². The molecule has 0 bridgehead atoms. The average molecular weight is 543 g/mol. The Morgan fingerprint density at radius 3 is 2.49 bits per heavy atom. The van der Waals surface area contributed by atoms with Crippen LogP contribution in [0.2, 0.25) is 10.0 Å². The van der Waals surface area contributed by atoms with E-state index in [1.165, 1.54) is 6.20 Å². The van der Waals surface area contributed by atoms with E-state index in [4.69, 9.17) is 32.7 Å². The Labute approximate surface area is 226 Å². The fraction of sp³-hybridized carbons (Fsp3) is 0.296. The smallest absolute Gasteiger partial charge is 0.257 e. The number of nitrogens with zero attached hydrogens (tertiary/aromatic N) is 3. The number of likely N-dealkylation sites (N-methyl/N-ethyl adjacent to an activating group) is 1. The van der Waals surface area contributed by atoms with Crippen LogP contribution in [0.25, 0.3) is 0 Å². The molecule has 2 amide bonds. The van der Waals surface area contributed by atoms with Crippen molar-refractivity contribution in [3.05, 3.63) is 88.0 Å². The molecule has 4 rings (SSSR count). The molecule has 1 aromatic heterocycles. The molecule has 2 heterocycles. The fourth-order valence-electron chi connectivity index (χ4n) is 3.84. The van der Waals surface area contributed by atoms with Gasteiger partial charge < -0.3 is 24.6 Å². The molecule has 1 unspecified atom stereocenters. The Hall–Kier alpha value is -3.17. The summed E-state index contributed by atoms with van der Waals surface area (Å²) in [5, 5.41) is 4.00. The van der Waals surface area contributed by atoms with Crippen LogP contribution < -0.4 is 10.1 Å². The van der Waals surface area contributed by atoms with Gasteiger partial charge in [0.15, 0.2) is 0 Å². The third kappa shape index (κ3) is 7.66. The van der Waals surface area contributed by atoms with Gasteiger partial charge in [0.05, 0.1) is 13.2 Å². The van der Waals surface area contributed by atoms with Gasteiger partial charge in [-0.25, -0.2) is 4.98 Å². The molecule has 1 aliphatic rings. The molecule has 0 aliphatic carbocycles. The molecular formula is C27H28Cl2N4O4. The quantitative estimate of drug-likeness (QED) is 0.434. The largest absolute Gasteiger partial charge is 0.438 e. The minimum atomic E-state index is -0.890. The summed E-state index contributed by atoms with van der Waals surface area (Å²) in [5.74, 6) is -0.0902. The van der Waals surface area contributed by atoms with Crippen LogP contribution in [0.5, 0.6) is 11.6 Å². The van der Waals surface area contributed by atoms with E-state index >= 15 is 0 Å². The van der Waals surface area contributed by atoms with Crippen LogP contribution in [-0.2, 0) is 16.1 Å². The summed E-state index contributed by atoms with van der Waals surface area (Å²) in [7, 11) is 2.01. The standard InChI is InChI=1S/C27H28Cl2N4O4/c1-32-12-14-33(15-13-32)27(35)24(18-36-17-19-4-2-5-21(29)16-19)31-25(34)23-6-3-11-30-26(23)37-22-9-7-20(28)8-10-22/h2-11,16,24H,12-15,17-18H2,1H3,(H,31,34). The summed E-state index contributed by atoms with van der Waals surface area (Å²) in [6.45, 7) is 2.92. The van der Waals surface area contributed by atoms with Crippen molar-refractivity contribution in [1.29, 1.82) is 0 Å². The highest BCUT2D eigenvalue weighted by atomic mass is 35.5. The predicted octanol–water partition coefficient (Wildman–Crippen LogP) is 4.27. The van der Waals surface area contributed by atoms with E-state index in [9.17, 15) is 9.59 Å². The summed E-state index contributed by atoms with van der Waals surface area (Å²) in [6, 6.07) is 16.4. The van der Waals surface area contributed by atoms with Crippen LogP contribution >= 0.6 is 23.2 Å². The van der Waals surface area contributed by atoms with Gasteiger partial charge in [0.25, 0.3) is 5.91 Å². The lowest BCUT2D eigenvalue weighted by Gasteiger charge is -2.34. The molecule has 0 spiro atoms. The van der Waals surface area contributed by atoms with Crippen molar-refractivity contribution in [2.75, 3.05) is 39.8 Å². The predicted molar refractivity (Wildman–Crippen MR) is 142 cm³/mol. The molecule has 0 radical (unpaired) electrons. The first kappa shape index (κ1) is 26.9. The lowest BCUT2D eigenvalue weighted by Crippen LogP contribution is -2.55. The third-order valence-corrected chi connectivity index (χ3v) is 6.39. The Bertz CT molecular complexity index is 1220. The monoisotopic (exact) mass is 542 g/mol. The SMILES string of the molecule is CN1CCN(C(=O)C(COCc2cccc(Cl)c2)NC(=O)c2cccnc2Oc2ccc(Cl)cc2)CC1. The van der Waals surface area contributed by atoms with Crippen LogP contribution in [-0.4, -0.2) is 72.5 Å². The molecule has 3 aromatic rings. The summed E-state index contributed by atoms with van der Waals surface area (Å²) in [6.07, 6.45) is 1.53. The second-order valence-electron chi connectivity index (χ2n) is 8.71. The van der Waals surface area contributed by atoms with E-state index < -0.39 is 11.9 Å². The van der Waals surface area contributed by atoms with Gasteiger partial charge in [-0.3, -0.25) is 9.59 Å². The number of benzene rings is 2. The van der Waals surface area contributed by atoms with Crippen molar-refractivity contribution >= 4 is 35.0 Å². The molecular weight excluding hydrogens is 515 g/mol. The maximum Gasteiger partial charge on any atom is 0.257 e. The number of pyridine rings is 1. The highest BCUT2D eigenvalue weighted by molar-refractivity contribution is 6.30. The molecule has 8 nitrogen and oxygen atoms in total. The number of nitrogens with one attached hydrogen (secondary N) is 1. The Morgan fingerprint density at radius 2 is 1.76 bits per heavy atom. The van der Waals surface area contributed by atoms with E-state index in [-0.39, 0.29) is 30.6 Å². The molecule has 1 fully saturated rings. The third-order valence-electron chi connectivity index (χ3n) is 5.90. The normalized spacial score (nSPS) is 14.7. The number of piperazine rings is 1. The molecule has 194 valence electrons. The number of ether oxygens (including phenoxy) is 2. The fourth-order valence-corrected chi connectivity index (χ4v) is 4.18. The molecule has 1 N–H and O–H groups in total. The molecule has 37 heavy (non-hydrogen) atoms. The molecule has 1 atom stereocenters. The molecule has 2 aromatic carbocycles. The zero-order valence-corrected chi connectivity index (χ0v) is 21.9. The van der Waals surface area contributed by atoms with E-state index in [2.05, 4.69) is 15.2 Å². The van der Waals surface area contributed by atoms with E-state index in [0.29, 0.717) is 28.9 Å². The number of carbonyl (C=O) groups excluding carboxylic acids is 2. The van der Waals surface area contributed by atoms with Gasteiger partial charge in [0, 0.05) is 42.4 Å². The first-order valence-corrected chi connectivity index (χ1v) is 12.6. The Kier molecular flexibility index (Phi) is 9.35. The number of aromatic nitrogens is 1. The number of halogens is 2. The minimum absolute atomic E-state index is 0.00291. The second kappa shape index (κ2) is 12.9. The Morgan fingerprint density at radius 1 is 1.00 bits per heavy atom. The topological polar surface area (TPSA) is 84.0 Å². The lowest BCUT2D eigenvalue weighted by atomic mass is 10.2. The van der Waals surface area contributed by atoms with Gasteiger partial charge in [-0.1, -0.05) is 35.3 Å². The van der Waals surface area contributed by atoms with Crippen molar-refractivity contribution in [2.45, 2.75) is 12.6 Å². The zero-order chi connectivity index (χ0) is 26.2. The highest BCUT2D eigenvalue weighted by Gasteiger charge is 2.29. The lowest BCUT2D eigenvalue weighted by molar-refractivity contribution is -0.136. The van der Waals surface area contributed by atoms with Crippen molar-refractivity contribution in [3.63, 3.8) is 0 Å². The van der Waals surface area contributed by atoms with Crippen molar-refractivity contribution < 1.29 is 19.1 Å². The van der Waals surface area contributed by atoms with E-state index in [1.807, 2.05) is 19.2 Å². The number of rotatable bonds is 9. The van der Waals surface area contributed by atoms with Crippen LogP contribution in [0, 0.1) is 0 Å². The van der Waals surface area contributed by atoms with Gasteiger partial charge in [-0.15, -0.1) is 0 Å². The van der Waals surface area contributed by atoms with Crippen LogP contribution in [0.15, 0.2) is 66.9 Å². The highest BCUT2D eigenvalue weighted by Crippen LogP contribution is 2.24. The summed E-state index contributed by atoms with van der Waals surface area (Å²) in [5.41, 5.74) is 1.07.